The SMILES string of the molecule is CCC(C)NC(=O)CCc1c(-c2ccc(Cl)cc2)nc2ccccn12. The number of amides is 1. The predicted octanol–water partition coefficient (Wildman–Crippen LogP) is 4.50. The zero-order valence-corrected chi connectivity index (χ0v) is 15.3. The minimum Gasteiger partial charge on any atom is -0.354 e. The largest absolute Gasteiger partial charge is 0.354 e. The number of aryl methyl sites for hydroxylation is 1. The molecular weight excluding hydrogens is 334 g/mol. The summed E-state index contributed by atoms with van der Waals surface area (Å²) in [5, 5.41) is 3.72. The summed E-state index contributed by atoms with van der Waals surface area (Å²) in [4.78, 5) is 16.9. The molecule has 3 rings (SSSR count). The van der Waals surface area contributed by atoms with Gasteiger partial charge in [0.15, 0.2) is 0 Å². The number of nitrogens with one attached hydrogen (secondary N) is 1. The van der Waals surface area contributed by atoms with Crippen molar-refractivity contribution in [3.05, 3.63) is 59.4 Å². The minimum atomic E-state index is 0.0716. The molecule has 0 aliphatic rings. The molecule has 0 aliphatic heterocycles. The van der Waals surface area contributed by atoms with Gasteiger partial charge in [-0.15, -0.1) is 0 Å². The maximum atomic E-state index is 12.2. The van der Waals surface area contributed by atoms with E-state index in [4.69, 9.17) is 16.6 Å². The third-order valence-electron chi connectivity index (χ3n) is 4.36. The van der Waals surface area contributed by atoms with Crippen molar-refractivity contribution in [3.8, 4) is 11.3 Å². The molecule has 3 aromatic rings. The van der Waals surface area contributed by atoms with Gasteiger partial charge in [0.2, 0.25) is 5.91 Å². The van der Waals surface area contributed by atoms with Crippen molar-refractivity contribution in [3.63, 3.8) is 0 Å². The molecule has 0 fully saturated rings. The molecule has 130 valence electrons. The molecular formula is C20H22ClN3O. The Hall–Kier alpha value is -2.33. The van der Waals surface area contributed by atoms with Crippen molar-refractivity contribution in [1.29, 1.82) is 0 Å². The highest BCUT2D eigenvalue weighted by molar-refractivity contribution is 6.30. The van der Waals surface area contributed by atoms with Crippen LogP contribution in [0.5, 0.6) is 0 Å². The first-order valence-electron chi connectivity index (χ1n) is 8.59. The number of halogens is 1. The third kappa shape index (κ3) is 4.02. The van der Waals surface area contributed by atoms with Crippen LogP contribution in [0.1, 0.15) is 32.4 Å². The van der Waals surface area contributed by atoms with Crippen LogP contribution in [-0.4, -0.2) is 21.3 Å². The van der Waals surface area contributed by atoms with Crippen molar-refractivity contribution in [1.82, 2.24) is 14.7 Å². The molecule has 0 saturated heterocycles. The zero-order valence-electron chi connectivity index (χ0n) is 14.5. The standard InChI is InChI=1S/C20H22ClN3O/c1-3-14(2)22-19(25)12-11-17-20(15-7-9-16(21)10-8-15)23-18-6-4-5-13-24(17)18/h4-10,13-14H,3,11-12H2,1-2H3,(H,22,25). The van der Waals surface area contributed by atoms with Gasteiger partial charge >= 0.3 is 0 Å². The molecule has 1 amide bonds. The number of nitrogens with zero attached hydrogens (tertiary/aromatic N) is 2. The van der Waals surface area contributed by atoms with E-state index in [-0.39, 0.29) is 11.9 Å². The maximum absolute atomic E-state index is 12.2. The van der Waals surface area contributed by atoms with Crippen LogP contribution in [0.15, 0.2) is 48.7 Å². The van der Waals surface area contributed by atoms with E-state index in [1.165, 1.54) is 0 Å². The smallest absolute Gasteiger partial charge is 0.220 e. The van der Waals surface area contributed by atoms with Crippen molar-refractivity contribution in [2.24, 2.45) is 0 Å². The second-order valence-corrected chi connectivity index (χ2v) is 6.66. The van der Waals surface area contributed by atoms with Gasteiger partial charge in [-0.3, -0.25) is 4.79 Å². The van der Waals surface area contributed by atoms with Crippen molar-refractivity contribution in [2.45, 2.75) is 39.2 Å². The van der Waals surface area contributed by atoms with Crippen LogP contribution < -0.4 is 5.32 Å². The number of hydrogen-bond acceptors (Lipinski definition) is 2. The van der Waals surface area contributed by atoms with Gasteiger partial charge in [-0.1, -0.05) is 36.7 Å². The molecule has 0 aliphatic carbocycles. The average Bonchev–Trinajstić information content (AvgIpc) is 2.99. The van der Waals surface area contributed by atoms with Gasteiger partial charge in [-0.2, -0.15) is 0 Å². The summed E-state index contributed by atoms with van der Waals surface area (Å²) in [6.07, 6.45) is 3.99. The molecule has 0 spiro atoms. The van der Waals surface area contributed by atoms with Crippen molar-refractivity contribution >= 4 is 23.2 Å². The van der Waals surface area contributed by atoms with E-state index in [0.717, 1.165) is 29.0 Å². The Morgan fingerprint density at radius 2 is 2.00 bits per heavy atom. The molecule has 0 bridgehead atoms. The maximum Gasteiger partial charge on any atom is 0.220 e. The Bertz CT molecular complexity index is 870. The quantitative estimate of drug-likeness (QED) is 0.707. The Kier molecular flexibility index (Phi) is 5.39. The lowest BCUT2D eigenvalue weighted by atomic mass is 10.1. The monoisotopic (exact) mass is 355 g/mol. The molecule has 1 aromatic carbocycles. The molecule has 4 nitrogen and oxygen atoms in total. The summed E-state index contributed by atoms with van der Waals surface area (Å²) in [7, 11) is 0. The van der Waals surface area contributed by atoms with E-state index in [9.17, 15) is 4.79 Å². The lowest BCUT2D eigenvalue weighted by molar-refractivity contribution is -0.121. The van der Waals surface area contributed by atoms with Crippen molar-refractivity contribution < 1.29 is 4.79 Å². The molecule has 2 heterocycles. The summed E-state index contributed by atoms with van der Waals surface area (Å²) < 4.78 is 2.06. The molecule has 25 heavy (non-hydrogen) atoms. The number of aromatic nitrogens is 2. The molecule has 0 saturated carbocycles. The lowest BCUT2D eigenvalue weighted by Gasteiger charge is -2.11. The van der Waals surface area contributed by atoms with Gasteiger partial charge < -0.3 is 9.72 Å². The highest BCUT2D eigenvalue weighted by Crippen LogP contribution is 2.26. The number of hydrogen-bond donors (Lipinski definition) is 1. The van der Waals surface area contributed by atoms with E-state index in [1.54, 1.807) is 0 Å². The zero-order chi connectivity index (χ0) is 17.8. The third-order valence-corrected chi connectivity index (χ3v) is 4.61. The van der Waals surface area contributed by atoms with Crippen LogP contribution in [0.25, 0.3) is 16.9 Å². The van der Waals surface area contributed by atoms with Gasteiger partial charge in [0.05, 0.1) is 11.4 Å². The first-order chi connectivity index (χ1) is 12.1. The minimum absolute atomic E-state index is 0.0716. The molecule has 0 radical (unpaired) electrons. The van der Waals surface area contributed by atoms with Crippen LogP contribution in [0, 0.1) is 0 Å². The number of rotatable bonds is 6. The fourth-order valence-electron chi connectivity index (χ4n) is 2.81. The van der Waals surface area contributed by atoms with Gasteiger partial charge in [0, 0.05) is 29.2 Å². The van der Waals surface area contributed by atoms with E-state index < -0.39 is 0 Å². The van der Waals surface area contributed by atoms with Gasteiger partial charge in [0.1, 0.15) is 5.65 Å². The Labute approximate surface area is 152 Å². The van der Waals surface area contributed by atoms with Crippen LogP contribution in [0.3, 0.4) is 0 Å². The highest BCUT2D eigenvalue weighted by atomic mass is 35.5. The number of carbonyl (C=O) groups excluding carboxylic acids is 1. The van der Waals surface area contributed by atoms with Gasteiger partial charge in [-0.25, -0.2) is 4.98 Å². The van der Waals surface area contributed by atoms with E-state index in [1.807, 2.05) is 55.6 Å². The predicted molar refractivity (Wildman–Crippen MR) is 102 cm³/mol. The normalized spacial score (nSPS) is 12.3. The summed E-state index contributed by atoms with van der Waals surface area (Å²) >= 11 is 6.00. The fraction of sp³-hybridized carbons (Fsp3) is 0.300. The number of benzene rings is 1. The number of carbonyl (C=O) groups is 1. The summed E-state index contributed by atoms with van der Waals surface area (Å²) in [6.45, 7) is 4.08. The van der Waals surface area contributed by atoms with E-state index in [0.29, 0.717) is 17.9 Å². The van der Waals surface area contributed by atoms with Crippen LogP contribution in [0.2, 0.25) is 5.02 Å². The van der Waals surface area contributed by atoms with E-state index in [2.05, 4.69) is 16.6 Å². The number of imidazole rings is 1. The second kappa shape index (κ2) is 7.70. The average molecular weight is 356 g/mol. The van der Waals surface area contributed by atoms with Crippen molar-refractivity contribution in [2.75, 3.05) is 0 Å². The Morgan fingerprint density at radius 3 is 2.72 bits per heavy atom. The molecule has 5 heteroatoms. The molecule has 1 unspecified atom stereocenters. The van der Waals surface area contributed by atoms with Gasteiger partial charge in [0.25, 0.3) is 0 Å². The fourth-order valence-corrected chi connectivity index (χ4v) is 2.93. The second-order valence-electron chi connectivity index (χ2n) is 6.22. The number of pyridine rings is 1. The highest BCUT2D eigenvalue weighted by Gasteiger charge is 2.15. The topological polar surface area (TPSA) is 46.4 Å². The Morgan fingerprint density at radius 1 is 1.24 bits per heavy atom. The van der Waals surface area contributed by atoms with E-state index >= 15 is 0 Å². The van der Waals surface area contributed by atoms with Crippen LogP contribution in [-0.2, 0) is 11.2 Å². The summed E-state index contributed by atoms with van der Waals surface area (Å²) in [6, 6.07) is 13.8. The van der Waals surface area contributed by atoms with Gasteiger partial charge in [-0.05, 0) is 44.0 Å². The number of fused-ring (bicyclic) bond motifs is 1. The Balaban J connectivity index is 1.91. The van der Waals surface area contributed by atoms with Crippen LogP contribution in [0.4, 0.5) is 0 Å². The molecule has 1 N–H and O–H groups in total. The molecule has 1 atom stereocenters. The van der Waals surface area contributed by atoms with Crippen LogP contribution >= 0.6 is 11.6 Å². The molecule has 2 aromatic heterocycles. The first kappa shape index (κ1) is 17.5. The summed E-state index contributed by atoms with van der Waals surface area (Å²) in [5.74, 6) is 0.0716. The lowest BCUT2D eigenvalue weighted by Crippen LogP contribution is -2.32. The first-order valence-corrected chi connectivity index (χ1v) is 8.97. The summed E-state index contributed by atoms with van der Waals surface area (Å²) in [5.41, 5.74) is 3.83.